The lowest BCUT2D eigenvalue weighted by molar-refractivity contribution is 0.423. The summed E-state index contributed by atoms with van der Waals surface area (Å²) in [6, 6.07) is 7.76. The van der Waals surface area contributed by atoms with Crippen molar-refractivity contribution in [2.75, 3.05) is 0 Å². The molecule has 0 bridgehead atoms. The monoisotopic (exact) mass is 230 g/mol. The van der Waals surface area contributed by atoms with Crippen LogP contribution >= 0.6 is 0 Å². The number of nitrogens with zero attached hydrogens (tertiary/aromatic N) is 2. The van der Waals surface area contributed by atoms with Gasteiger partial charge in [0.2, 0.25) is 0 Å². The molecule has 1 heterocycles. The second-order valence-corrected chi connectivity index (χ2v) is 4.18. The second-order valence-electron chi connectivity index (χ2n) is 4.18. The van der Waals surface area contributed by atoms with Crippen LogP contribution in [0.15, 0.2) is 30.5 Å². The van der Waals surface area contributed by atoms with Crippen LogP contribution in [-0.2, 0) is 6.54 Å². The number of aryl methyl sites for hydroxylation is 2. The third-order valence-electron chi connectivity index (χ3n) is 2.89. The molecule has 17 heavy (non-hydrogen) atoms. The Morgan fingerprint density at radius 1 is 1.18 bits per heavy atom. The maximum Gasteiger partial charge on any atom is 0.510 e. The molecule has 0 aliphatic heterocycles. The van der Waals surface area contributed by atoms with Crippen molar-refractivity contribution in [3.05, 3.63) is 47.2 Å². The van der Waals surface area contributed by atoms with Crippen molar-refractivity contribution in [1.82, 2.24) is 9.78 Å². The smallest absolute Gasteiger partial charge is 0.422 e. The Bertz CT molecular complexity index is 503. The highest BCUT2D eigenvalue weighted by Gasteiger charge is 2.14. The van der Waals surface area contributed by atoms with Gasteiger partial charge in [0.15, 0.2) is 0 Å². The highest BCUT2D eigenvalue weighted by atomic mass is 16.4. The van der Waals surface area contributed by atoms with E-state index in [1.54, 1.807) is 16.9 Å². The summed E-state index contributed by atoms with van der Waals surface area (Å²) in [5.41, 5.74) is 3.92. The molecule has 0 saturated carbocycles. The first-order valence-corrected chi connectivity index (χ1v) is 5.52. The van der Waals surface area contributed by atoms with Crippen molar-refractivity contribution in [3.8, 4) is 0 Å². The average molecular weight is 230 g/mol. The van der Waals surface area contributed by atoms with Gasteiger partial charge < -0.3 is 10.0 Å². The fourth-order valence-corrected chi connectivity index (χ4v) is 1.86. The quantitative estimate of drug-likeness (QED) is 0.742. The van der Waals surface area contributed by atoms with Gasteiger partial charge in [-0.15, -0.1) is 0 Å². The van der Waals surface area contributed by atoms with Crippen molar-refractivity contribution in [2.45, 2.75) is 20.4 Å². The van der Waals surface area contributed by atoms with Gasteiger partial charge in [0, 0.05) is 6.20 Å². The summed E-state index contributed by atoms with van der Waals surface area (Å²) >= 11 is 0. The zero-order valence-electron chi connectivity index (χ0n) is 9.96. The standard InChI is InChI=1S/C12H15BN2O2/c1-9-4-3-5-10(2)11(9)8-15-7-6-12(14-15)13(16)17/h3-7,16-17H,8H2,1-2H3. The first kappa shape index (κ1) is 11.9. The molecule has 0 amide bonds. The maximum atomic E-state index is 8.99. The van der Waals surface area contributed by atoms with E-state index < -0.39 is 7.12 Å². The first-order chi connectivity index (χ1) is 8.08. The lowest BCUT2D eigenvalue weighted by Gasteiger charge is -2.09. The lowest BCUT2D eigenvalue weighted by atomic mass is 9.87. The molecule has 0 radical (unpaired) electrons. The highest BCUT2D eigenvalue weighted by molar-refractivity contribution is 6.57. The molecule has 2 rings (SSSR count). The number of aromatic nitrogens is 2. The number of rotatable bonds is 3. The van der Waals surface area contributed by atoms with Gasteiger partial charge >= 0.3 is 7.12 Å². The van der Waals surface area contributed by atoms with Crippen molar-refractivity contribution >= 4 is 12.7 Å². The molecule has 1 aromatic carbocycles. The Kier molecular flexibility index (Phi) is 3.31. The van der Waals surface area contributed by atoms with Crippen LogP contribution in [0.4, 0.5) is 0 Å². The Labute approximate surface area is 101 Å². The van der Waals surface area contributed by atoms with Crippen LogP contribution in [0.2, 0.25) is 0 Å². The van der Waals surface area contributed by atoms with E-state index in [4.69, 9.17) is 10.0 Å². The minimum absolute atomic E-state index is 0.274. The predicted molar refractivity (Wildman–Crippen MR) is 67.1 cm³/mol. The summed E-state index contributed by atoms with van der Waals surface area (Å²) in [6.45, 7) is 4.77. The van der Waals surface area contributed by atoms with Crippen LogP contribution < -0.4 is 5.59 Å². The van der Waals surface area contributed by atoms with E-state index in [9.17, 15) is 0 Å². The lowest BCUT2D eigenvalue weighted by Crippen LogP contribution is -2.31. The third-order valence-corrected chi connectivity index (χ3v) is 2.89. The van der Waals surface area contributed by atoms with E-state index in [1.165, 1.54) is 16.7 Å². The Balaban J connectivity index is 2.25. The summed E-state index contributed by atoms with van der Waals surface area (Å²) in [7, 11) is -1.51. The van der Waals surface area contributed by atoms with Crippen LogP contribution in [0, 0.1) is 13.8 Å². The molecular weight excluding hydrogens is 215 g/mol. The van der Waals surface area contributed by atoms with E-state index in [-0.39, 0.29) is 5.59 Å². The zero-order valence-corrected chi connectivity index (χ0v) is 9.96. The minimum Gasteiger partial charge on any atom is -0.422 e. The van der Waals surface area contributed by atoms with Crippen molar-refractivity contribution in [2.24, 2.45) is 0 Å². The maximum absolute atomic E-state index is 8.99. The van der Waals surface area contributed by atoms with E-state index in [0.717, 1.165) is 0 Å². The van der Waals surface area contributed by atoms with Gasteiger partial charge in [0.05, 0.1) is 12.1 Å². The molecule has 88 valence electrons. The van der Waals surface area contributed by atoms with Crippen molar-refractivity contribution < 1.29 is 10.0 Å². The van der Waals surface area contributed by atoms with Gasteiger partial charge in [-0.2, -0.15) is 5.10 Å². The molecule has 0 aliphatic rings. The molecule has 2 N–H and O–H groups in total. The summed E-state index contributed by atoms with van der Waals surface area (Å²) in [4.78, 5) is 0. The van der Waals surface area contributed by atoms with E-state index in [2.05, 4.69) is 31.1 Å². The largest absolute Gasteiger partial charge is 0.510 e. The molecule has 0 unspecified atom stereocenters. The van der Waals surface area contributed by atoms with Gasteiger partial charge in [-0.1, -0.05) is 18.2 Å². The Hall–Kier alpha value is -1.59. The molecule has 1 aromatic heterocycles. The average Bonchev–Trinajstić information content (AvgIpc) is 2.72. The summed E-state index contributed by atoms with van der Waals surface area (Å²) in [6.07, 6.45) is 1.75. The fourth-order valence-electron chi connectivity index (χ4n) is 1.86. The van der Waals surface area contributed by atoms with Crippen LogP contribution in [0.5, 0.6) is 0 Å². The van der Waals surface area contributed by atoms with Crippen molar-refractivity contribution in [1.29, 1.82) is 0 Å². The third kappa shape index (κ3) is 2.57. The van der Waals surface area contributed by atoms with Crippen LogP contribution in [0.25, 0.3) is 0 Å². The van der Waals surface area contributed by atoms with Gasteiger partial charge in [-0.25, -0.2) is 0 Å². The van der Waals surface area contributed by atoms with Crippen LogP contribution in [0.3, 0.4) is 0 Å². The molecule has 0 fully saturated rings. The Morgan fingerprint density at radius 3 is 2.35 bits per heavy atom. The molecule has 0 saturated heterocycles. The normalized spacial score (nSPS) is 10.6. The molecule has 2 aromatic rings. The van der Waals surface area contributed by atoms with Crippen LogP contribution in [-0.4, -0.2) is 26.9 Å². The fraction of sp³-hybridized carbons (Fsp3) is 0.250. The number of benzene rings is 1. The molecule has 0 spiro atoms. The highest BCUT2D eigenvalue weighted by Crippen LogP contribution is 2.14. The minimum atomic E-state index is -1.51. The summed E-state index contributed by atoms with van der Waals surface area (Å²) in [5, 5.41) is 22.1. The summed E-state index contributed by atoms with van der Waals surface area (Å²) in [5.74, 6) is 0. The molecule has 0 atom stereocenters. The zero-order chi connectivity index (χ0) is 12.4. The molecular formula is C12H15BN2O2. The first-order valence-electron chi connectivity index (χ1n) is 5.52. The molecule has 4 nitrogen and oxygen atoms in total. The molecule has 0 aliphatic carbocycles. The van der Waals surface area contributed by atoms with E-state index >= 15 is 0 Å². The van der Waals surface area contributed by atoms with Gasteiger partial charge in [0.25, 0.3) is 0 Å². The number of hydrogen-bond acceptors (Lipinski definition) is 3. The Morgan fingerprint density at radius 2 is 1.82 bits per heavy atom. The molecule has 5 heteroatoms. The van der Waals surface area contributed by atoms with Gasteiger partial charge in [0.1, 0.15) is 0 Å². The van der Waals surface area contributed by atoms with Crippen LogP contribution in [0.1, 0.15) is 16.7 Å². The second kappa shape index (κ2) is 4.73. The predicted octanol–water partition coefficient (Wildman–Crippen LogP) is 0.228. The van der Waals surface area contributed by atoms with Gasteiger partial charge in [-0.3, -0.25) is 4.68 Å². The SMILES string of the molecule is Cc1cccc(C)c1Cn1ccc(B(O)O)n1. The number of hydrogen-bond donors (Lipinski definition) is 2. The summed E-state index contributed by atoms with van der Waals surface area (Å²) < 4.78 is 1.71. The van der Waals surface area contributed by atoms with Gasteiger partial charge in [-0.05, 0) is 36.6 Å². The van der Waals surface area contributed by atoms with E-state index in [1.807, 2.05) is 6.07 Å². The van der Waals surface area contributed by atoms with Crippen molar-refractivity contribution in [3.63, 3.8) is 0 Å². The van der Waals surface area contributed by atoms with E-state index in [0.29, 0.717) is 6.54 Å². The topological polar surface area (TPSA) is 58.3 Å².